The first-order valence-electron chi connectivity index (χ1n) is 9.73. The van der Waals surface area contributed by atoms with E-state index in [9.17, 15) is 14.7 Å². The van der Waals surface area contributed by atoms with E-state index in [-0.39, 0.29) is 5.91 Å². The van der Waals surface area contributed by atoms with Crippen LogP contribution in [-0.2, 0) is 16.0 Å². The maximum atomic E-state index is 12.5. The summed E-state index contributed by atoms with van der Waals surface area (Å²) in [4.78, 5) is 25.7. The summed E-state index contributed by atoms with van der Waals surface area (Å²) in [5, 5.41) is 9.40. The molecule has 1 saturated carbocycles. The number of ether oxygens (including phenoxy) is 1. The maximum Gasteiger partial charge on any atom is 0.311 e. The Hall–Kier alpha value is -2.04. The molecular formula is C21H29NO4. The number of rotatable bonds is 6. The van der Waals surface area contributed by atoms with Crippen LogP contribution in [0, 0.1) is 5.41 Å². The van der Waals surface area contributed by atoms with Crippen molar-refractivity contribution in [3.8, 4) is 5.75 Å². The number of carboxylic acids is 1. The van der Waals surface area contributed by atoms with Crippen LogP contribution in [0.3, 0.4) is 0 Å². The molecule has 1 amide bonds. The van der Waals surface area contributed by atoms with Crippen molar-refractivity contribution >= 4 is 11.9 Å². The largest absolute Gasteiger partial charge is 0.490 e. The summed E-state index contributed by atoms with van der Waals surface area (Å²) in [6.45, 7) is 2.71. The third-order valence-electron chi connectivity index (χ3n) is 5.70. The van der Waals surface area contributed by atoms with Crippen LogP contribution in [0.5, 0.6) is 5.75 Å². The summed E-state index contributed by atoms with van der Waals surface area (Å²) in [6, 6.07) is 8.01. The van der Waals surface area contributed by atoms with Crippen molar-refractivity contribution in [3.05, 3.63) is 29.8 Å². The van der Waals surface area contributed by atoms with Crippen LogP contribution in [0.4, 0.5) is 0 Å². The fraction of sp³-hybridized carbons (Fsp3) is 0.619. The molecule has 0 radical (unpaired) electrons. The summed E-state index contributed by atoms with van der Waals surface area (Å²) in [6.07, 6.45) is 7.50. The van der Waals surface area contributed by atoms with Crippen LogP contribution >= 0.6 is 0 Å². The minimum absolute atomic E-state index is 0.0410. The van der Waals surface area contributed by atoms with E-state index in [1.54, 1.807) is 11.8 Å². The highest BCUT2D eigenvalue weighted by Crippen LogP contribution is 2.30. The number of hydrogen-bond acceptors (Lipinski definition) is 3. The summed E-state index contributed by atoms with van der Waals surface area (Å²) < 4.78 is 6.03. The molecule has 1 atom stereocenters. The first kappa shape index (κ1) is 18.7. The Morgan fingerprint density at radius 1 is 1.27 bits per heavy atom. The van der Waals surface area contributed by atoms with E-state index in [1.165, 1.54) is 12.8 Å². The number of carboxylic acid groups (broad SMARTS) is 1. The number of likely N-dealkylation sites (tertiary alicyclic amines) is 1. The van der Waals surface area contributed by atoms with E-state index >= 15 is 0 Å². The number of hydrogen-bond donors (Lipinski definition) is 1. The summed E-state index contributed by atoms with van der Waals surface area (Å²) in [7, 11) is 0. The van der Waals surface area contributed by atoms with Gasteiger partial charge in [0.25, 0.3) is 0 Å². The second-order valence-corrected chi connectivity index (χ2v) is 7.96. The molecule has 3 rings (SSSR count). The summed E-state index contributed by atoms with van der Waals surface area (Å²) in [5.74, 6) is 0.115. The second kappa shape index (κ2) is 8.11. The predicted octanol–water partition coefficient (Wildman–Crippen LogP) is 3.65. The minimum Gasteiger partial charge on any atom is -0.490 e. The van der Waals surface area contributed by atoms with Crippen molar-refractivity contribution < 1.29 is 19.4 Å². The van der Waals surface area contributed by atoms with Crippen molar-refractivity contribution in [1.29, 1.82) is 0 Å². The van der Waals surface area contributed by atoms with Gasteiger partial charge in [-0.1, -0.05) is 12.1 Å². The van der Waals surface area contributed by atoms with E-state index in [0.29, 0.717) is 38.5 Å². The predicted molar refractivity (Wildman–Crippen MR) is 99.2 cm³/mol. The Morgan fingerprint density at radius 3 is 2.77 bits per heavy atom. The van der Waals surface area contributed by atoms with Crippen molar-refractivity contribution in [3.63, 3.8) is 0 Å². The Kier molecular flexibility index (Phi) is 5.84. The van der Waals surface area contributed by atoms with Crippen LogP contribution in [-0.4, -0.2) is 41.1 Å². The molecule has 1 aliphatic carbocycles. The molecule has 0 bridgehead atoms. The molecule has 0 spiro atoms. The van der Waals surface area contributed by atoms with E-state index in [2.05, 4.69) is 0 Å². The lowest BCUT2D eigenvalue weighted by atomic mass is 9.82. The van der Waals surface area contributed by atoms with Crippen LogP contribution in [0.25, 0.3) is 0 Å². The molecule has 5 heteroatoms. The van der Waals surface area contributed by atoms with Crippen molar-refractivity contribution in [1.82, 2.24) is 4.90 Å². The van der Waals surface area contributed by atoms with Gasteiger partial charge in [0.2, 0.25) is 5.91 Å². The highest BCUT2D eigenvalue weighted by molar-refractivity contribution is 5.79. The minimum atomic E-state index is -0.817. The zero-order chi connectivity index (χ0) is 18.6. The second-order valence-electron chi connectivity index (χ2n) is 7.96. The molecule has 1 unspecified atom stereocenters. The van der Waals surface area contributed by atoms with Gasteiger partial charge in [0.05, 0.1) is 11.5 Å². The molecule has 2 fully saturated rings. The van der Waals surface area contributed by atoms with Crippen LogP contribution in [0.1, 0.15) is 57.4 Å². The first-order valence-corrected chi connectivity index (χ1v) is 9.73. The molecule has 1 aliphatic heterocycles. The molecule has 26 heavy (non-hydrogen) atoms. The normalized spacial score (nSPS) is 23.8. The van der Waals surface area contributed by atoms with E-state index in [1.807, 2.05) is 24.3 Å². The van der Waals surface area contributed by atoms with Gasteiger partial charge in [-0.3, -0.25) is 9.59 Å². The zero-order valence-electron chi connectivity index (χ0n) is 15.6. The third kappa shape index (κ3) is 4.57. The van der Waals surface area contributed by atoms with Gasteiger partial charge in [0.15, 0.2) is 0 Å². The van der Waals surface area contributed by atoms with Gasteiger partial charge in [-0.05, 0) is 69.6 Å². The number of amides is 1. The number of piperidine rings is 1. The van der Waals surface area contributed by atoms with E-state index < -0.39 is 11.4 Å². The van der Waals surface area contributed by atoms with Gasteiger partial charge < -0.3 is 14.7 Å². The quantitative estimate of drug-likeness (QED) is 0.842. The number of carbonyl (C=O) groups is 2. The van der Waals surface area contributed by atoms with Crippen molar-refractivity contribution in [2.75, 3.05) is 13.1 Å². The average molecular weight is 359 g/mol. The van der Waals surface area contributed by atoms with Crippen molar-refractivity contribution in [2.24, 2.45) is 5.41 Å². The molecule has 1 heterocycles. The average Bonchev–Trinajstić information content (AvgIpc) is 3.13. The number of nitrogens with zero attached hydrogens (tertiary/aromatic N) is 1. The Morgan fingerprint density at radius 2 is 2.04 bits per heavy atom. The molecule has 1 aromatic carbocycles. The van der Waals surface area contributed by atoms with Gasteiger partial charge in [-0.2, -0.15) is 0 Å². The number of benzene rings is 1. The van der Waals surface area contributed by atoms with Gasteiger partial charge in [0, 0.05) is 19.5 Å². The van der Waals surface area contributed by atoms with Gasteiger partial charge in [-0.15, -0.1) is 0 Å². The fourth-order valence-electron chi connectivity index (χ4n) is 4.01. The Labute approximate surface area is 155 Å². The lowest BCUT2D eigenvalue weighted by Crippen LogP contribution is -2.48. The first-order chi connectivity index (χ1) is 12.5. The molecular weight excluding hydrogens is 330 g/mol. The summed E-state index contributed by atoms with van der Waals surface area (Å²) in [5.41, 5.74) is 0.273. The van der Waals surface area contributed by atoms with E-state index in [0.717, 1.165) is 30.6 Å². The van der Waals surface area contributed by atoms with Crippen molar-refractivity contribution in [2.45, 2.75) is 64.4 Å². The van der Waals surface area contributed by atoms with Gasteiger partial charge in [0.1, 0.15) is 5.75 Å². The number of aryl methyl sites for hydroxylation is 1. The molecule has 1 aromatic rings. The van der Waals surface area contributed by atoms with Crippen LogP contribution in [0.15, 0.2) is 24.3 Å². The molecule has 0 aromatic heterocycles. The Balaban J connectivity index is 1.53. The van der Waals surface area contributed by atoms with Crippen LogP contribution < -0.4 is 4.74 Å². The van der Waals surface area contributed by atoms with Gasteiger partial charge in [-0.25, -0.2) is 0 Å². The Bertz CT molecular complexity index is 653. The molecule has 2 aliphatic rings. The lowest BCUT2D eigenvalue weighted by Gasteiger charge is -2.37. The van der Waals surface area contributed by atoms with Crippen LogP contribution in [0.2, 0.25) is 0 Å². The summed E-state index contributed by atoms with van der Waals surface area (Å²) >= 11 is 0. The molecule has 1 saturated heterocycles. The maximum absolute atomic E-state index is 12.5. The smallest absolute Gasteiger partial charge is 0.311 e. The standard InChI is InChI=1S/C21H29NO4/c1-21(20(24)25)12-5-13-22(15-21)19(23)11-10-16-6-4-9-18(14-16)26-17-7-2-3-8-17/h4,6,9,14,17H,2-3,5,7-8,10-13,15H2,1H3,(H,24,25). The number of carbonyl (C=O) groups excluding carboxylic acids is 1. The highest BCUT2D eigenvalue weighted by Gasteiger charge is 2.39. The van der Waals surface area contributed by atoms with E-state index in [4.69, 9.17) is 4.74 Å². The molecule has 5 nitrogen and oxygen atoms in total. The third-order valence-corrected chi connectivity index (χ3v) is 5.70. The fourth-order valence-corrected chi connectivity index (χ4v) is 4.01. The zero-order valence-corrected chi connectivity index (χ0v) is 15.6. The molecule has 142 valence electrons. The monoisotopic (exact) mass is 359 g/mol. The number of aliphatic carboxylic acids is 1. The SMILES string of the molecule is CC1(C(=O)O)CCCN(C(=O)CCc2cccc(OC3CCCC3)c2)C1. The van der Waals surface area contributed by atoms with Gasteiger partial charge >= 0.3 is 5.97 Å². The topological polar surface area (TPSA) is 66.8 Å². The highest BCUT2D eigenvalue weighted by atomic mass is 16.5. The molecule has 1 N–H and O–H groups in total. The lowest BCUT2D eigenvalue weighted by molar-refractivity contribution is -0.153.